The van der Waals surface area contributed by atoms with E-state index in [1.807, 2.05) is 76.2 Å². The Morgan fingerprint density at radius 1 is 0.447 bits per heavy atom. The summed E-state index contributed by atoms with van der Waals surface area (Å²) in [6.07, 6.45) is 3.66. The van der Waals surface area contributed by atoms with Crippen molar-refractivity contribution in [3.8, 4) is 0 Å². The SMILES string of the molecule is CC(C)(C)CCC(=O)C(C)(C)C.C[C@@H](CC(C)(C)C)C(=O)C(C)(C)C.C[C@H](CC(C)(C)C)C(=O)C(C)(C)C. The van der Waals surface area contributed by atoms with E-state index in [-0.39, 0.29) is 44.3 Å². The summed E-state index contributed by atoms with van der Waals surface area (Å²) >= 11 is 0. The van der Waals surface area contributed by atoms with Crippen molar-refractivity contribution in [2.24, 2.45) is 44.3 Å². The summed E-state index contributed by atoms with van der Waals surface area (Å²) in [6.45, 7) is 41.6. The van der Waals surface area contributed by atoms with Gasteiger partial charge in [0.2, 0.25) is 0 Å². The highest BCUT2D eigenvalue weighted by Gasteiger charge is 2.30. The third kappa shape index (κ3) is 24.1. The summed E-state index contributed by atoms with van der Waals surface area (Å²) in [5, 5.41) is 0. The molecular formula is C35H70O3. The molecule has 0 aromatic heterocycles. The molecule has 2 atom stereocenters. The van der Waals surface area contributed by atoms with Crippen molar-refractivity contribution in [2.75, 3.05) is 0 Å². The zero-order valence-electron chi connectivity index (χ0n) is 29.7. The number of carbonyl (C=O) groups excluding carboxylic acids is 3. The van der Waals surface area contributed by atoms with Gasteiger partial charge < -0.3 is 0 Å². The molecule has 0 fully saturated rings. The highest BCUT2D eigenvalue weighted by molar-refractivity contribution is 5.86. The van der Waals surface area contributed by atoms with Gasteiger partial charge in [0.1, 0.15) is 17.3 Å². The molecule has 0 aliphatic heterocycles. The van der Waals surface area contributed by atoms with Crippen LogP contribution in [-0.4, -0.2) is 17.3 Å². The van der Waals surface area contributed by atoms with E-state index in [4.69, 9.17) is 0 Å². The van der Waals surface area contributed by atoms with Crippen LogP contribution in [0.5, 0.6) is 0 Å². The van der Waals surface area contributed by atoms with E-state index in [2.05, 4.69) is 62.3 Å². The van der Waals surface area contributed by atoms with Crippen molar-refractivity contribution in [2.45, 2.75) is 164 Å². The Hall–Kier alpha value is -0.990. The monoisotopic (exact) mass is 539 g/mol. The fraction of sp³-hybridized carbons (Fsp3) is 0.914. The van der Waals surface area contributed by atoms with Crippen LogP contribution < -0.4 is 0 Å². The van der Waals surface area contributed by atoms with Gasteiger partial charge >= 0.3 is 0 Å². The highest BCUT2D eigenvalue weighted by atomic mass is 16.1. The van der Waals surface area contributed by atoms with Crippen LogP contribution in [0, 0.1) is 44.3 Å². The summed E-state index contributed by atoms with van der Waals surface area (Å²) < 4.78 is 0. The highest BCUT2D eigenvalue weighted by Crippen LogP contribution is 2.31. The second-order valence-corrected chi connectivity index (χ2v) is 18.3. The third-order valence-corrected chi connectivity index (χ3v) is 6.15. The Balaban J connectivity index is -0.000000484. The summed E-state index contributed by atoms with van der Waals surface area (Å²) in [5.74, 6) is 1.49. The Bertz CT molecular complexity index is 670. The van der Waals surface area contributed by atoms with Crippen LogP contribution >= 0.6 is 0 Å². The molecule has 0 N–H and O–H groups in total. The van der Waals surface area contributed by atoms with Gasteiger partial charge in [-0.1, -0.05) is 138 Å². The molecule has 0 aromatic rings. The van der Waals surface area contributed by atoms with Gasteiger partial charge in [0.25, 0.3) is 0 Å². The molecule has 0 aliphatic carbocycles. The fourth-order valence-corrected chi connectivity index (χ4v) is 4.36. The van der Waals surface area contributed by atoms with E-state index in [9.17, 15) is 14.4 Å². The lowest BCUT2D eigenvalue weighted by Crippen LogP contribution is -2.29. The average molecular weight is 539 g/mol. The predicted octanol–water partition coefficient (Wildman–Crippen LogP) is 10.8. The molecule has 0 rings (SSSR count). The molecule has 0 unspecified atom stereocenters. The first-order chi connectivity index (χ1) is 16.2. The van der Waals surface area contributed by atoms with Crippen molar-refractivity contribution in [3.63, 3.8) is 0 Å². The Kier molecular flexibility index (Phi) is 16.5. The van der Waals surface area contributed by atoms with Crippen LogP contribution in [0.2, 0.25) is 0 Å². The molecule has 0 amide bonds. The van der Waals surface area contributed by atoms with E-state index in [1.54, 1.807) is 0 Å². The Morgan fingerprint density at radius 3 is 0.868 bits per heavy atom. The predicted molar refractivity (Wildman–Crippen MR) is 169 cm³/mol. The third-order valence-electron chi connectivity index (χ3n) is 6.15. The molecule has 0 radical (unpaired) electrons. The minimum Gasteiger partial charge on any atom is -0.299 e. The van der Waals surface area contributed by atoms with Gasteiger partial charge in [-0.15, -0.1) is 0 Å². The second-order valence-electron chi connectivity index (χ2n) is 18.3. The minimum atomic E-state index is -0.190. The number of hydrogen-bond donors (Lipinski definition) is 0. The van der Waals surface area contributed by atoms with Gasteiger partial charge in [0.15, 0.2) is 0 Å². The Labute approximate surface area is 240 Å². The quantitative estimate of drug-likeness (QED) is 0.338. The topological polar surface area (TPSA) is 51.2 Å². The van der Waals surface area contributed by atoms with E-state index in [0.29, 0.717) is 23.8 Å². The van der Waals surface area contributed by atoms with Crippen LogP contribution in [0.25, 0.3) is 0 Å². The van der Waals surface area contributed by atoms with Crippen molar-refractivity contribution in [1.29, 1.82) is 0 Å². The molecule has 0 saturated heterocycles. The molecule has 3 nitrogen and oxygen atoms in total. The largest absolute Gasteiger partial charge is 0.299 e. The number of Topliss-reactive ketones (excluding diaryl/α,β-unsaturated/α-hetero) is 3. The zero-order chi connectivity index (χ0) is 31.7. The summed E-state index contributed by atoms with van der Waals surface area (Å²) in [5.41, 5.74) is 0.238. The lowest BCUT2D eigenvalue weighted by atomic mass is 9.76. The van der Waals surface area contributed by atoms with Gasteiger partial charge in [-0.2, -0.15) is 0 Å². The Morgan fingerprint density at radius 2 is 0.711 bits per heavy atom. The van der Waals surface area contributed by atoms with Crippen molar-refractivity contribution >= 4 is 17.3 Å². The lowest BCUT2D eigenvalue weighted by molar-refractivity contribution is -0.131. The van der Waals surface area contributed by atoms with E-state index in [1.165, 1.54) is 0 Å². The van der Waals surface area contributed by atoms with Gasteiger partial charge in [-0.3, -0.25) is 14.4 Å². The molecular weight excluding hydrogens is 468 g/mol. The molecule has 38 heavy (non-hydrogen) atoms. The smallest absolute Gasteiger partial charge is 0.141 e. The van der Waals surface area contributed by atoms with Crippen LogP contribution in [0.15, 0.2) is 0 Å². The second kappa shape index (κ2) is 15.1. The number of ketones is 3. The fourth-order valence-electron chi connectivity index (χ4n) is 4.36. The molecule has 3 heteroatoms. The van der Waals surface area contributed by atoms with Crippen LogP contribution in [-0.2, 0) is 14.4 Å². The molecule has 0 spiro atoms. The number of carbonyl (C=O) groups is 3. The molecule has 0 bridgehead atoms. The maximum atomic E-state index is 11.8. The van der Waals surface area contributed by atoms with Gasteiger partial charge in [-0.25, -0.2) is 0 Å². The van der Waals surface area contributed by atoms with Crippen LogP contribution in [0.1, 0.15) is 164 Å². The summed E-state index contributed by atoms with van der Waals surface area (Å²) in [4.78, 5) is 35.2. The van der Waals surface area contributed by atoms with Gasteiger partial charge in [0, 0.05) is 34.5 Å². The number of hydrogen-bond acceptors (Lipinski definition) is 3. The zero-order valence-corrected chi connectivity index (χ0v) is 29.7. The number of rotatable bonds is 6. The van der Waals surface area contributed by atoms with Crippen molar-refractivity contribution < 1.29 is 14.4 Å². The summed E-state index contributed by atoms with van der Waals surface area (Å²) in [6, 6.07) is 0. The van der Waals surface area contributed by atoms with E-state index in [0.717, 1.165) is 19.3 Å². The molecule has 0 aliphatic rings. The average Bonchev–Trinajstić information content (AvgIpc) is 2.60. The standard InChI is InChI=1S/2C12H24O.C11H22O/c2*1-9(8-11(2,3)4)10(13)12(5,6)7;1-10(2,3)8-7-9(12)11(4,5)6/h2*9H,8H2,1-7H3;7-8H2,1-6H3/t2*9-;/m10./s1. The molecule has 0 aromatic carbocycles. The lowest BCUT2D eigenvalue weighted by Gasteiger charge is -2.27. The first kappa shape index (κ1) is 41.5. The minimum absolute atomic E-state index is 0.161. The maximum absolute atomic E-state index is 11.8. The summed E-state index contributed by atoms with van der Waals surface area (Å²) in [7, 11) is 0. The normalized spacial score (nSPS) is 14.8. The van der Waals surface area contributed by atoms with Crippen LogP contribution in [0.4, 0.5) is 0 Å². The van der Waals surface area contributed by atoms with Crippen molar-refractivity contribution in [3.05, 3.63) is 0 Å². The van der Waals surface area contributed by atoms with E-state index < -0.39 is 0 Å². The maximum Gasteiger partial charge on any atom is 0.141 e. The van der Waals surface area contributed by atoms with Crippen LogP contribution in [0.3, 0.4) is 0 Å². The van der Waals surface area contributed by atoms with Crippen molar-refractivity contribution in [1.82, 2.24) is 0 Å². The van der Waals surface area contributed by atoms with E-state index >= 15 is 0 Å². The van der Waals surface area contributed by atoms with Gasteiger partial charge in [0.05, 0.1) is 0 Å². The molecule has 228 valence electrons. The first-order valence-electron chi connectivity index (χ1n) is 14.8. The first-order valence-corrected chi connectivity index (χ1v) is 14.8. The van der Waals surface area contributed by atoms with Gasteiger partial charge in [-0.05, 0) is 35.5 Å². The molecule has 0 heterocycles. The molecule has 0 saturated carbocycles.